The summed E-state index contributed by atoms with van der Waals surface area (Å²) in [7, 11) is 0. The van der Waals surface area contributed by atoms with Crippen LogP contribution in [0.5, 0.6) is 0 Å². The van der Waals surface area contributed by atoms with Crippen molar-refractivity contribution in [3.8, 4) is 0 Å². The molecule has 0 saturated carbocycles. The fourth-order valence-corrected chi connectivity index (χ4v) is 1.52. The maximum Gasteiger partial charge on any atom is 0.319 e. The number of hydrogen-bond acceptors (Lipinski definition) is 1. The number of carbonyl (C=O) groups is 1. The van der Waals surface area contributed by atoms with Gasteiger partial charge in [-0.2, -0.15) is 0 Å². The van der Waals surface area contributed by atoms with Crippen molar-refractivity contribution in [1.29, 1.82) is 0 Å². The third-order valence-electron chi connectivity index (χ3n) is 3.29. The van der Waals surface area contributed by atoms with Crippen LogP contribution in [0, 0.1) is 5.41 Å². The van der Waals surface area contributed by atoms with Gasteiger partial charge in [-0.05, 0) is 30.4 Å². The predicted molar refractivity (Wildman–Crippen MR) is 76.9 cm³/mol. The number of carbonyl (C=O) groups excluding carboxylic acids is 1. The van der Waals surface area contributed by atoms with Crippen LogP contribution in [-0.4, -0.2) is 12.1 Å². The van der Waals surface area contributed by atoms with Gasteiger partial charge in [0, 0.05) is 11.7 Å². The van der Waals surface area contributed by atoms with E-state index < -0.39 is 0 Å². The van der Waals surface area contributed by atoms with E-state index in [-0.39, 0.29) is 17.5 Å². The highest BCUT2D eigenvalue weighted by atomic mass is 16.2. The summed E-state index contributed by atoms with van der Waals surface area (Å²) in [6, 6.07) is 7.86. The monoisotopic (exact) mass is 248 g/mol. The summed E-state index contributed by atoms with van der Waals surface area (Å²) >= 11 is 0. The molecule has 0 aromatic heterocycles. The van der Waals surface area contributed by atoms with Gasteiger partial charge in [-0.1, -0.05) is 45.9 Å². The smallest absolute Gasteiger partial charge is 0.319 e. The largest absolute Gasteiger partial charge is 0.335 e. The third-order valence-corrected chi connectivity index (χ3v) is 3.29. The average Bonchev–Trinajstić information content (AvgIpc) is 2.28. The van der Waals surface area contributed by atoms with Crippen LogP contribution in [0.25, 0.3) is 0 Å². The lowest BCUT2D eigenvalue weighted by atomic mass is 9.88. The molecule has 0 aliphatic rings. The van der Waals surface area contributed by atoms with E-state index in [4.69, 9.17) is 0 Å². The minimum Gasteiger partial charge on any atom is -0.335 e. The molecule has 0 saturated heterocycles. The first kappa shape index (κ1) is 14.6. The Morgan fingerprint density at radius 3 is 2.44 bits per heavy atom. The summed E-state index contributed by atoms with van der Waals surface area (Å²) in [6.45, 7) is 10.4. The van der Waals surface area contributed by atoms with E-state index in [1.54, 1.807) is 0 Å². The van der Waals surface area contributed by atoms with Gasteiger partial charge in [-0.15, -0.1) is 0 Å². The van der Waals surface area contributed by atoms with E-state index >= 15 is 0 Å². The van der Waals surface area contributed by atoms with Gasteiger partial charge >= 0.3 is 6.03 Å². The predicted octanol–water partition coefficient (Wildman–Crippen LogP) is 3.81. The average molecular weight is 248 g/mol. The Morgan fingerprint density at radius 1 is 1.28 bits per heavy atom. The molecule has 18 heavy (non-hydrogen) atoms. The lowest BCUT2D eigenvalue weighted by Gasteiger charge is -2.28. The number of hydrogen-bond donors (Lipinski definition) is 2. The topological polar surface area (TPSA) is 41.1 Å². The molecule has 2 amide bonds. The molecule has 0 radical (unpaired) electrons. The highest BCUT2D eigenvalue weighted by molar-refractivity contribution is 5.90. The van der Waals surface area contributed by atoms with Gasteiger partial charge in [0.25, 0.3) is 0 Å². The van der Waals surface area contributed by atoms with Crippen molar-refractivity contribution in [1.82, 2.24) is 5.32 Å². The summed E-state index contributed by atoms with van der Waals surface area (Å²) in [5.74, 6) is 0. The highest BCUT2D eigenvalue weighted by Gasteiger charge is 2.21. The molecule has 0 fully saturated rings. The second kappa shape index (κ2) is 5.89. The van der Waals surface area contributed by atoms with Crippen LogP contribution in [0.1, 0.15) is 40.2 Å². The molecule has 3 heteroatoms. The molecule has 0 bridgehead atoms. The van der Waals surface area contributed by atoms with Crippen molar-refractivity contribution in [2.45, 2.75) is 47.1 Å². The van der Waals surface area contributed by atoms with Crippen molar-refractivity contribution in [3.63, 3.8) is 0 Å². The molecular formula is C15H24N2O. The van der Waals surface area contributed by atoms with E-state index in [1.807, 2.05) is 31.2 Å². The Hall–Kier alpha value is -1.51. The second-order valence-electron chi connectivity index (χ2n) is 5.70. The lowest BCUT2D eigenvalue weighted by molar-refractivity contribution is 0.233. The summed E-state index contributed by atoms with van der Waals surface area (Å²) in [5, 5.41) is 5.88. The van der Waals surface area contributed by atoms with Crippen molar-refractivity contribution in [2.75, 3.05) is 5.32 Å². The quantitative estimate of drug-likeness (QED) is 0.839. The third kappa shape index (κ3) is 4.06. The van der Waals surface area contributed by atoms with Crippen LogP contribution in [0.15, 0.2) is 24.3 Å². The van der Waals surface area contributed by atoms with Gasteiger partial charge in [0.2, 0.25) is 0 Å². The van der Waals surface area contributed by atoms with Gasteiger partial charge in [0.1, 0.15) is 0 Å². The van der Waals surface area contributed by atoms with E-state index in [1.165, 1.54) is 0 Å². The zero-order valence-corrected chi connectivity index (χ0v) is 12.0. The fraction of sp³-hybridized carbons (Fsp3) is 0.533. The number of benzene rings is 1. The maximum absolute atomic E-state index is 11.9. The molecular weight excluding hydrogens is 224 g/mol. The molecule has 0 spiro atoms. The van der Waals surface area contributed by atoms with Crippen molar-refractivity contribution < 1.29 is 4.79 Å². The van der Waals surface area contributed by atoms with E-state index in [2.05, 4.69) is 38.3 Å². The number of anilines is 1. The zero-order valence-electron chi connectivity index (χ0n) is 12.0. The van der Waals surface area contributed by atoms with Crippen molar-refractivity contribution >= 4 is 11.7 Å². The molecule has 1 aromatic rings. The summed E-state index contributed by atoms with van der Waals surface area (Å²) in [6.07, 6.45) is 0.908. The molecule has 1 rings (SSSR count). The van der Waals surface area contributed by atoms with Crippen molar-refractivity contribution in [3.05, 3.63) is 29.8 Å². The summed E-state index contributed by atoms with van der Waals surface area (Å²) in [5.41, 5.74) is 2.09. The van der Waals surface area contributed by atoms with Crippen LogP contribution >= 0.6 is 0 Å². The van der Waals surface area contributed by atoms with Gasteiger partial charge < -0.3 is 10.6 Å². The Kier molecular flexibility index (Phi) is 4.76. The Morgan fingerprint density at radius 2 is 1.89 bits per heavy atom. The Bertz CT molecular complexity index is 407. The number of aryl methyl sites for hydroxylation is 1. The first-order valence-electron chi connectivity index (χ1n) is 6.50. The van der Waals surface area contributed by atoms with Crippen molar-refractivity contribution in [2.24, 2.45) is 5.41 Å². The first-order chi connectivity index (χ1) is 8.34. The van der Waals surface area contributed by atoms with E-state index in [0.29, 0.717) is 0 Å². The standard InChI is InChI=1S/C15H24N2O/c1-6-12-9-7-8-10-13(12)17-14(18)16-11(2)15(3,4)5/h7-11H,6H2,1-5H3,(H2,16,17,18)/t11-/m0/s1. The normalized spacial score (nSPS) is 12.9. The molecule has 100 valence electrons. The van der Waals surface area contributed by atoms with Gasteiger partial charge in [0.05, 0.1) is 0 Å². The van der Waals surface area contributed by atoms with Crippen LogP contribution in [0.3, 0.4) is 0 Å². The van der Waals surface area contributed by atoms with Gasteiger partial charge in [0.15, 0.2) is 0 Å². The Balaban J connectivity index is 2.65. The number of rotatable bonds is 3. The summed E-state index contributed by atoms with van der Waals surface area (Å²) in [4.78, 5) is 11.9. The SMILES string of the molecule is CCc1ccccc1NC(=O)N[C@@H](C)C(C)(C)C. The molecule has 1 atom stereocenters. The van der Waals surface area contributed by atoms with E-state index in [9.17, 15) is 4.79 Å². The number of nitrogens with one attached hydrogen (secondary N) is 2. The minimum absolute atomic E-state index is 0.0572. The van der Waals surface area contributed by atoms with E-state index in [0.717, 1.165) is 17.7 Å². The molecule has 2 N–H and O–H groups in total. The first-order valence-corrected chi connectivity index (χ1v) is 6.50. The number of amides is 2. The number of urea groups is 1. The second-order valence-corrected chi connectivity index (χ2v) is 5.70. The molecule has 0 unspecified atom stereocenters. The minimum atomic E-state index is -0.140. The fourth-order valence-electron chi connectivity index (χ4n) is 1.52. The van der Waals surface area contributed by atoms with Crippen LogP contribution in [0.4, 0.5) is 10.5 Å². The van der Waals surface area contributed by atoms with Gasteiger partial charge in [-0.3, -0.25) is 0 Å². The molecule has 0 heterocycles. The summed E-state index contributed by atoms with van der Waals surface area (Å²) < 4.78 is 0. The lowest BCUT2D eigenvalue weighted by Crippen LogP contribution is -2.43. The molecule has 0 aliphatic carbocycles. The molecule has 0 aliphatic heterocycles. The van der Waals surface area contributed by atoms with Gasteiger partial charge in [-0.25, -0.2) is 4.79 Å². The van der Waals surface area contributed by atoms with Crippen LogP contribution < -0.4 is 10.6 Å². The maximum atomic E-state index is 11.9. The zero-order chi connectivity index (χ0) is 13.8. The van der Waals surface area contributed by atoms with Crippen LogP contribution in [-0.2, 0) is 6.42 Å². The molecule has 1 aromatic carbocycles. The molecule has 3 nitrogen and oxygen atoms in total. The van der Waals surface area contributed by atoms with Crippen LogP contribution in [0.2, 0.25) is 0 Å². The number of para-hydroxylation sites is 1. The highest BCUT2D eigenvalue weighted by Crippen LogP contribution is 2.19. The Labute approximate surface area is 110 Å².